The number of epoxide rings is 1. The van der Waals surface area contributed by atoms with E-state index in [1.165, 1.54) is 0 Å². The molecule has 0 bridgehead atoms. The summed E-state index contributed by atoms with van der Waals surface area (Å²) in [7, 11) is 0. The van der Waals surface area contributed by atoms with Crippen LogP contribution in [0.1, 0.15) is 76.9 Å². The van der Waals surface area contributed by atoms with Gasteiger partial charge in [0.05, 0.1) is 52.4 Å². The summed E-state index contributed by atoms with van der Waals surface area (Å²) in [6.07, 6.45) is 8.84. The standard InChI is InChI=1S/C28H39NO6S/c1-7-9-21-25(32)17(2)10-8-13-28(6)23(35-28)14-20(12-11-19-16-36-18(3)29-19)34-24(31)15-22(30)27(4,5)26(21)33/h1,11-12,16-17,20-23,25,30,32H,8-10,13-15H2,2-6H3. The SMILES string of the molecule is C#CCC1C(=O)C(C)(C)C(O)CC(=O)OC(C=Cc2csc(C)n2)CC2OC2(C)CCCC(C)C1O. The number of hydrogen-bond donors (Lipinski definition) is 2. The van der Waals surface area contributed by atoms with E-state index < -0.39 is 35.6 Å². The Hall–Kier alpha value is -2.05. The van der Waals surface area contributed by atoms with Crippen molar-refractivity contribution in [3.8, 4) is 12.3 Å². The van der Waals surface area contributed by atoms with Crippen LogP contribution >= 0.6 is 11.3 Å². The number of esters is 1. The highest BCUT2D eigenvalue weighted by Gasteiger charge is 2.52. The van der Waals surface area contributed by atoms with E-state index in [4.69, 9.17) is 15.9 Å². The van der Waals surface area contributed by atoms with Crippen LogP contribution in [-0.4, -0.2) is 57.0 Å². The number of carbonyl (C=O) groups is 2. The van der Waals surface area contributed by atoms with Gasteiger partial charge in [0.2, 0.25) is 0 Å². The molecule has 7 nitrogen and oxygen atoms in total. The summed E-state index contributed by atoms with van der Waals surface area (Å²) in [5.74, 6) is 0.568. The third kappa shape index (κ3) is 6.83. The van der Waals surface area contributed by atoms with Gasteiger partial charge in [-0.05, 0) is 44.8 Å². The van der Waals surface area contributed by atoms with E-state index in [9.17, 15) is 19.8 Å². The number of cyclic esters (lactones) is 1. The van der Waals surface area contributed by atoms with Crippen LogP contribution in [0.25, 0.3) is 6.08 Å². The summed E-state index contributed by atoms with van der Waals surface area (Å²) in [4.78, 5) is 30.7. The molecule has 0 saturated carbocycles. The predicted octanol–water partition coefficient (Wildman–Crippen LogP) is 4.09. The lowest BCUT2D eigenvalue weighted by molar-refractivity contribution is -0.154. The number of ether oxygens (including phenoxy) is 2. The fourth-order valence-corrected chi connectivity index (χ4v) is 5.54. The minimum atomic E-state index is -1.29. The van der Waals surface area contributed by atoms with E-state index in [0.717, 1.165) is 23.5 Å². The van der Waals surface area contributed by atoms with Crippen LogP contribution in [0.4, 0.5) is 0 Å². The average molecular weight is 518 g/mol. The van der Waals surface area contributed by atoms with Crippen LogP contribution in [0.15, 0.2) is 11.5 Å². The first-order valence-corrected chi connectivity index (χ1v) is 13.6. The van der Waals surface area contributed by atoms with Gasteiger partial charge < -0.3 is 19.7 Å². The first-order valence-electron chi connectivity index (χ1n) is 12.7. The number of nitrogens with zero attached hydrogens (tertiary/aromatic N) is 1. The molecule has 8 heteroatoms. The number of aryl methyl sites for hydroxylation is 1. The number of aliphatic hydroxyl groups excluding tert-OH is 2. The molecule has 7 atom stereocenters. The zero-order valence-corrected chi connectivity index (χ0v) is 22.7. The summed E-state index contributed by atoms with van der Waals surface area (Å²) in [6.45, 7) is 9.06. The number of terminal acetylenes is 1. The van der Waals surface area contributed by atoms with Gasteiger partial charge in [0.15, 0.2) is 0 Å². The molecule has 7 unspecified atom stereocenters. The number of carbonyl (C=O) groups excluding carboxylic acids is 2. The van der Waals surface area contributed by atoms with Gasteiger partial charge in [-0.1, -0.05) is 27.2 Å². The number of fused-ring (bicyclic) bond motifs is 1. The second-order valence-corrected chi connectivity index (χ2v) is 12.1. The van der Waals surface area contributed by atoms with Crippen LogP contribution in [0.2, 0.25) is 0 Å². The zero-order valence-electron chi connectivity index (χ0n) is 21.9. The lowest BCUT2D eigenvalue weighted by atomic mass is 9.71. The quantitative estimate of drug-likeness (QED) is 0.353. The van der Waals surface area contributed by atoms with Crippen LogP contribution in [0, 0.1) is 36.5 Å². The number of Topliss-reactive ketones (excluding diaryl/α,β-unsaturated/α-hetero) is 1. The Morgan fingerprint density at radius 1 is 1.31 bits per heavy atom. The Balaban J connectivity index is 1.84. The molecular weight excluding hydrogens is 478 g/mol. The fraction of sp³-hybridized carbons (Fsp3) is 0.679. The lowest BCUT2D eigenvalue weighted by Gasteiger charge is -2.35. The van der Waals surface area contributed by atoms with Crippen molar-refractivity contribution >= 4 is 29.2 Å². The Bertz CT molecular complexity index is 1010. The van der Waals surface area contributed by atoms with Gasteiger partial charge in [0, 0.05) is 18.2 Å². The van der Waals surface area contributed by atoms with Crippen molar-refractivity contribution in [3.05, 3.63) is 22.2 Å². The smallest absolute Gasteiger partial charge is 0.309 e. The maximum atomic E-state index is 13.5. The summed E-state index contributed by atoms with van der Waals surface area (Å²) < 4.78 is 11.8. The summed E-state index contributed by atoms with van der Waals surface area (Å²) in [6, 6.07) is 0. The van der Waals surface area contributed by atoms with Crippen molar-refractivity contribution in [3.63, 3.8) is 0 Å². The van der Waals surface area contributed by atoms with E-state index in [-0.39, 0.29) is 36.2 Å². The molecule has 3 rings (SSSR count). The second-order valence-electron chi connectivity index (χ2n) is 11.0. The molecule has 2 aliphatic heterocycles. The van der Waals surface area contributed by atoms with E-state index >= 15 is 0 Å². The van der Waals surface area contributed by atoms with E-state index in [2.05, 4.69) is 10.9 Å². The molecule has 0 aromatic carbocycles. The number of hydrogen-bond acceptors (Lipinski definition) is 8. The Labute approximate surface area is 218 Å². The minimum absolute atomic E-state index is 0.0663. The molecule has 1 aromatic heterocycles. The molecule has 1 aromatic rings. The van der Waals surface area contributed by atoms with Crippen molar-refractivity contribution in [2.45, 2.75) is 103 Å². The first kappa shape index (κ1) is 28.5. The third-order valence-electron chi connectivity index (χ3n) is 7.71. The largest absolute Gasteiger partial charge is 0.458 e. The highest BCUT2D eigenvalue weighted by molar-refractivity contribution is 7.09. The second kappa shape index (κ2) is 11.6. The van der Waals surface area contributed by atoms with Gasteiger partial charge in [0.1, 0.15) is 11.9 Å². The van der Waals surface area contributed by atoms with Crippen LogP contribution < -0.4 is 0 Å². The van der Waals surface area contributed by atoms with Gasteiger partial charge in [-0.2, -0.15) is 0 Å². The third-order valence-corrected chi connectivity index (χ3v) is 8.51. The summed E-state index contributed by atoms with van der Waals surface area (Å²) >= 11 is 1.54. The van der Waals surface area contributed by atoms with Gasteiger partial charge in [-0.3, -0.25) is 9.59 Å². The molecule has 2 aliphatic rings. The topological polar surface area (TPSA) is 109 Å². The van der Waals surface area contributed by atoms with E-state index in [1.807, 2.05) is 38.3 Å². The van der Waals surface area contributed by atoms with Gasteiger partial charge in [0.25, 0.3) is 0 Å². The van der Waals surface area contributed by atoms with Crippen molar-refractivity contribution < 1.29 is 29.3 Å². The molecule has 198 valence electrons. The fourth-order valence-electron chi connectivity index (χ4n) is 4.96. The number of aromatic nitrogens is 1. The average Bonchev–Trinajstić information content (AvgIpc) is 3.24. The summed E-state index contributed by atoms with van der Waals surface area (Å²) in [5, 5.41) is 24.8. The Kier molecular flexibility index (Phi) is 9.16. The van der Waals surface area contributed by atoms with Gasteiger partial charge in [-0.25, -0.2) is 4.98 Å². The minimum Gasteiger partial charge on any atom is -0.458 e. The Morgan fingerprint density at radius 3 is 2.67 bits per heavy atom. The molecule has 36 heavy (non-hydrogen) atoms. The van der Waals surface area contributed by atoms with Crippen LogP contribution in [0.5, 0.6) is 0 Å². The van der Waals surface area contributed by atoms with Crippen molar-refractivity contribution in [2.75, 3.05) is 0 Å². The molecule has 2 saturated heterocycles. The van der Waals surface area contributed by atoms with E-state index in [0.29, 0.717) is 12.8 Å². The van der Waals surface area contributed by atoms with Gasteiger partial charge >= 0.3 is 5.97 Å². The number of aliphatic hydroxyl groups is 2. The number of ketones is 1. The predicted molar refractivity (Wildman–Crippen MR) is 139 cm³/mol. The first-order chi connectivity index (χ1) is 16.9. The van der Waals surface area contributed by atoms with Gasteiger partial charge in [-0.15, -0.1) is 23.7 Å². The molecule has 2 N–H and O–H groups in total. The number of thiazole rings is 1. The van der Waals surface area contributed by atoms with Crippen LogP contribution in [-0.2, 0) is 19.1 Å². The van der Waals surface area contributed by atoms with Crippen molar-refractivity contribution in [1.29, 1.82) is 0 Å². The zero-order chi connectivity index (χ0) is 26.7. The summed E-state index contributed by atoms with van der Waals surface area (Å²) in [5.41, 5.74) is -0.827. The normalized spacial score (nSPS) is 36.2. The lowest BCUT2D eigenvalue weighted by Crippen LogP contribution is -2.46. The maximum absolute atomic E-state index is 13.5. The molecule has 3 heterocycles. The molecule has 0 radical (unpaired) electrons. The Morgan fingerprint density at radius 2 is 2.03 bits per heavy atom. The molecular formula is C28H39NO6S. The van der Waals surface area contributed by atoms with E-state index in [1.54, 1.807) is 25.2 Å². The highest BCUT2D eigenvalue weighted by Crippen LogP contribution is 2.44. The molecule has 2 fully saturated rings. The molecule has 0 spiro atoms. The molecule has 0 aliphatic carbocycles. The highest BCUT2D eigenvalue weighted by atomic mass is 32.1. The van der Waals surface area contributed by atoms with Crippen molar-refractivity contribution in [1.82, 2.24) is 4.98 Å². The maximum Gasteiger partial charge on any atom is 0.309 e. The number of rotatable bonds is 3. The monoisotopic (exact) mass is 517 g/mol. The van der Waals surface area contributed by atoms with Crippen LogP contribution in [0.3, 0.4) is 0 Å². The molecule has 0 amide bonds. The van der Waals surface area contributed by atoms with Crippen molar-refractivity contribution in [2.24, 2.45) is 17.3 Å².